The van der Waals surface area contributed by atoms with Crippen molar-refractivity contribution in [3.63, 3.8) is 0 Å². The maximum absolute atomic E-state index is 12.4. The number of carbonyl (C=O) groups excluding carboxylic acids is 2. The van der Waals surface area contributed by atoms with Gasteiger partial charge in [-0.2, -0.15) is 0 Å². The zero-order valence-corrected chi connectivity index (χ0v) is 19.8. The Morgan fingerprint density at radius 1 is 1.06 bits per heavy atom. The highest BCUT2D eigenvalue weighted by atomic mass is 32.1. The molecule has 3 rings (SSSR count). The molecular formula is C23H27N3O3S2. The van der Waals surface area contributed by atoms with Gasteiger partial charge in [0.25, 0.3) is 5.91 Å². The smallest absolute Gasteiger partial charge is 0.407 e. The normalized spacial score (nSPS) is 11.2. The summed E-state index contributed by atoms with van der Waals surface area (Å²) in [5.74, 6) is -0.112. The fourth-order valence-corrected chi connectivity index (χ4v) is 4.45. The number of rotatable bonds is 7. The largest absolute Gasteiger partial charge is 0.444 e. The molecule has 0 spiro atoms. The summed E-state index contributed by atoms with van der Waals surface area (Å²) in [6.07, 6.45) is 0.313. The minimum Gasteiger partial charge on any atom is -0.444 e. The molecule has 164 valence electrons. The first kappa shape index (κ1) is 23.0. The molecule has 31 heavy (non-hydrogen) atoms. The Labute approximate surface area is 190 Å². The summed E-state index contributed by atoms with van der Waals surface area (Å²) < 4.78 is 5.21. The number of alkyl carbamates (subject to hydrolysis) is 1. The minimum atomic E-state index is -0.531. The van der Waals surface area contributed by atoms with Crippen LogP contribution in [-0.2, 0) is 17.7 Å². The predicted molar refractivity (Wildman–Crippen MR) is 126 cm³/mol. The van der Waals surface area contributed by atoms with Crippen LogP contribution in [0.15, 0.2) is 41.8 Å². The molecule has 6 nitrogen and oxygen atoms in total. The van der Waals surface area contributed by atoms with Gasteiger partial charge in [-0.3, -0.25) is 4.79 Å². The molecule has 0 saturated heterocycles. The molecule has 2 heterocycles. The average molecular weight is 458 g/mol. The second kappa shape index (κ2) is 10.1. The van der Waals surface area contributed by atoms with Crippen LogP contribution in [0.4, 0.5) is 4.79 Å². The van der Waals surface area contributed by atoms with E-state index in [9.17, 15) is 9.59 Å². The summed E-state index contributed by atoms with van der Waals surface area (Å²) in [5.41, 5.74) is 1.97. The molecule has 0 aliphatic heterocycles. The molecule has 0 saturated carbocycles. The zero-order chi connectivity index (χ0) is 22.4. The van der Waals surface area contributed by atoms with Gasteiger partial charge in [-0.15, -0.1) is 22.7 Å². The number of ether oxygens (including phenoxy) is 1. The third-order valence-electron chi connectivity index (χ3n) is 4.24. The Hall–Kier alpha value is -2.71. The van der Waals surface area contributed by atoms with Crippen molar-refractivity contribution in [1.82, 2.24) is 15.6 Å². The summed E-state index contributed by atoms with van der Waals surface area (Å²) in [7, 11) is 0. The molecule has 0 atom stereocenters. The Bertz CT molecular complexity index is 1030. The molecule has 0 unspecified atom stereocenters. The third-order valence-corrected chi connectivity index (χ3v) is 6.18. The second-order valence-electron chi connectivity index (χ2n) is 8.08. The summed E-state index contributed by atoms with van der Waals surface area (Å²) >= 11 is 3.35. The molecule has 2 aromatic heterocycles. The van der Waals surface area contributed by atoms with E-state index < -0.39 is 11.7 Å². The van der Waals surface area contributed by atoms with Crippen LogP contribution in [0.3, 0.4) is 0 Å². The standard InChI is InChI=1S/C23H27N3O3S2/c1-15-26-19(14-30-15)20-10-9-18(31-20)11-12-24-21(27)17-7-5-16(6-8-17)13-25-22(28)29-23(2,3)4/h5-10,14H,11-13H2,1-4H3,(H,24,27)(H,25,28). The number of benzene rings is 1. The Morgan fingerprint density at radius 2 is 1.81 bits per heavy atom. The van der Waals surface area contributed by atoms with Crippen molar-refractivity contribution in [2.45, 2.75) is 46.3 Å². The number of thiophene rings is 1. The van der Waals surface area contributed by atoms with Crippen molar-refractivity contribution >= 4 is 34.7 Å². The second-order valence-corrected chi connectivity index (χ2v) is 10.3. The van der Waals surface area contributed by atoms with Crippen LogP contribution in [-0.4, -0.2) is 29.1 Å². The van der Waals surface area contributed by atoms with Gasteiger partial charge in [0, 0.05) is 28.9 Å². The lowest BCUT2D eigenvalue weighted by atomic mass is 10.1. The molecule has 0 bridgehead atoms. The molecule has 0 fully saturated rings. The zero-order valence-electron chi connectivity index (χ0n) is 18.2. The summed E-state index contributed by atoms with van der Waals surface area (Å²) in [4.78, 5) is 31.0. The van der Waals surface area contributed by atoms with Gasteiger partial charge >= 0.3 is 6.09 Å². The van der Waals surface area contributed by atoms with E-state index in [-0.39, 0.29) is 5.91 Å². The van der Waals surface area contributed by atoms with Gasteiger partial charge in [0.05, 0.1) is 15.6 Å². The predicted octanol–water partition coefficient (Wildman–Crippen LogP) is 5.18. The SMILES string of the molecule is Cc1nc(-c2ccc(CCNC(=O)c3ccc(CNC(=O)OC(C)(C)C)cc3)s2)cs1. The van der Waals surface area contributed by atoms with Crippen LogP contribution in [0.25, 0.3) is 10.6 Å². The molecule has 0 radical (unpaired) electrons. The monoisotopic (exact) mass is 457 g/mol. The van der Waals surface area contributed by atoms with Gasteiger partial charge < -0.3 is 15.4 Å². The molecule has 3 aromatic rings. The highest BCUT2D eigenvalue weighted by molar-refractivity contribution is 7.16. The number of nitrogens with zero attached hydrogens (tertiary/aromatic N) is 1. The summed E-state index contributed by atoms with van der Waals surface area (Å²) in [6, 6.07) is 11.3. The highest BCUT2D eigenvalue weighted by Crippen LogP contribution is 2.29. The van der Waals surface area contributed by atoms with Crippen LogP contribution in [0, 0.1) is 6.92 Å². The van der Waals surface area contributed by atoms with Crippen LogP contribution in [0.1, 0.15) is 46.6 Å². The van der Waals surface area contributed by atoms with Crippen molar-refractivity contribution in [1.29, 1.82) is 0 Å². The molecule has 0 aliphatic rings. The van der Waals surface area contributed by atoms with Gasteiger partial charge in [-0.25, -0.2) is 9.78 Å². The van der Waals surface area contributed by atoms with Crippen LogP contribution in [0.2, 0.25) is 0 Å². The third kappa shape index (κ3) is 7.18. The number of hydrogen-bond donors (Lipinski definition) is 2. The Balaban J connectivity index is 1.43. The van der Waals surface area contributed by atoms with E-state index in [1.807, 2.05) is 39.8 Å². The molecule has 1 aromatic carbocycles. The van der Waals surface area contributed by atoms with Gasteiger partial charge in [-0.1, -0.05) is 12.1 Å². The van der Waals surface area contributed by atoms with Crippen molar-refractivity contribution < 1.29 is 14.3 Å². The minimum absolute atomic E-state index is 0.112. The average Bonchev–Trinajstić information content (AvgIpc) is 3.34. The topological polar surface area (TPSA) is 80.3 Å². The number of hydrogen-bond acceptors (Lipinski definition) is 6. The van der Waals surface area contributed by atoms with Crippen molar-refractivity contribution in [3.8, 4) is 10.6 Å². The lowest BCUT2D eigenvalue weighted by molar-refractivity contribution is 0.0523. The maximum atomic E-state index is 12.4. The number of carbonyl (C=O) groups is 2. The maximum Gasteiger partial charge on any atom is 0.407 e. The van der Waals surface area contributed by atoms with E-state index in [0.717, 1.165) is 27.6 Å². The number of nitrogens with one attached hydrogen (secondary N) is 2. The summed E-state index contributed by atoms with van der Waals surface area (Å²) in [6.45, 7) is 8.37. The van der Waals surface area contributed by atoms with E-state index in [0.29, 0.717) is 18.7 Å². The Kier molecular flexibility index (Phi) is 7.46. The fourth-order valence-electron chi connectivity index (χ4n) is 2.79. The number of aromatic nitrogens is 1. The Morgan fingerprint density at radius 3 is 2.45 bits per heavy atom. The van der Waals surface area contributed by atoms with Crippen molar-refractivity contribution in [2.75, 3.05) is 6.54 Å². The lowest BCUT2D eigenvalue weighted by Crippen LogP contribution is -2.32. The lowest BCUT2D eigenvalue weighted by Gasteiger charge is -2.19. The van der Waals surface area contributed by atoms with Crippen molar-refractivity contribution in [3.05, 3.63) is 62.8 Å². The first-order valence-electron chi connectivity index (χ1n) is 10.0. The van der Waals surface area contributed by atoms with Gasteiger partial charge in [-0.05, 0) is 63.9 Å². The molecule has 0 aliphatic carbocycles. The van der Waals surface area contributed by atoms with Crippen molar-refractivity contribution in [2.24, 2.45) is 0 Å². The molecular weight excluding hydrogens is 430 g/mol. The first-order chi connectivity index (χ1) is 14.7. The quantitative estimate of drug-likeness (QED) is 0.512. The number of thiazole rings is 1. The molecule has 2 amide bonds. The van der Waals surface area contributed by atoms with Gasteiger partial charge in [0.15, 0.2) is 0 Å². The van der Waals surface area contributed by atoms with Gasteiger partial charge in [0.2, 0.25) is 0 Å². The van der Waals surface area contributed by atoms with E-state index in [1.54, 1.807) is 34.8 Å². The fraction of sp³-hybridized carbons (Fsp3) is 0.348. The highest BCUT2D eigenvalue weighted by Gasteiger charge is 2.15. The number of amides is 2. The van der Waals surface area contributed by atoms with Gasteiger partial charge in [0.1, 0.15) is 5.60 Å². The summed E-state index contributed by atoms with van der Waals surface area (Å²) in [5, 5.41) is 8.80. The van der Waals surface area contributed by atoms with E-state index in [4.69, 9.17) is 4.74 Å². The molecule has 2 N–H and O–H groups in total. The number of aryl methyl sites for hydroxylation is 1. The van der Waals surface area contributed by atoms with E-state index >= 15 is 0 Å². The van der Waals surface area contributed by atoms with Crippen LogP contribution in [0.5, 0.6) is 0 Å². The molecule has 8 heteroatoms. The van der Waals surface area contributed by atoms with E-state index in [1.165, 1.54) is 4.88 Å². The van der Waals surface area contributed by atoms with Crippen LogP contribution >= 0.6 is 22.7 Å². The van der Waals surface area contributed by atoms with E-state index in [2.05, 4.69) is 33.1 Å². The van der Waals surface area contributed by atoms with Crippen LogP contribution < -0.4 is 10.6 Å². The first-order valence-corrected chi connectivity index (χ1v) is 11.7.